The lowest BCUT2D eigenvalue weighted by atomic mass is 9.66. The maximum absolute atomic E-state index is 14.1. The molecular formula is C46H31NO2S. The highest BCUT2D eigenvalue weighted by atomic mass is 32.1. The smallest absolute Gasteiger partial charge is 0.197 e. The van der Waals surface area contributed by atoms with Crippen molar-refractivity contribution in [2.24, 2.45) is 0 Å². The van der Waals surface area contributed by atoms with Crippen LogP contribution in [-0.4, -0.2) is 0 Å². The number of rotatable bonds is 2. The van der Waals surface area contributed by atoms with Gasteiger partial charge in [0.05, 0.1) is 22.0 Å². The van der Waals surface area contributed by atoms with E-state index in [0.29, 0.717) is 10.8 Å². The Labute approximate surface area is 293 Å². The quantitative estimate of drug-likeness (QED) is 0.185. The van der Waals surface area contributed by atoms with Gasteiger partial charge >= 0.3 is 0 Å². The number of para-hydroxylation sites is 1. The molecule has 10 rings (SSSR count). The van der Waals surface area contributed by atoms with Crippen molar-refractivity contribution >= 4 is 55.3 Å². The summed E-state index contributed by atoms with van der Waals surface area (Å²) < 4.78 is 0. The van der Waals surface area contributed by atoms with Crippen molar-refractivity contribution in [3.63, 3.8) is 0 Å². The zero-order valence-corrected chi connectivity index (χ0v) is 28.7. The molecule has 0 fully saturated rings. The molecule has 0 saturated heterocycles. The Morgan fingerprint density at radius 1 is 0.600 bits per heavy atom. The van der Waals surface area contributed by atoms with Crippen LogP contribution in [0.4, 0.5) is 16.4 Å². The lowest BCUT2D eigenvalue weighted by Gasteiger charge is -2.44. The fourth-order valence-electron chi connectivity index (χ4n) is 9.09. The summed E-state index contributed by atoms with van der Waals surface area (Å²) in [5.41, 5.74) is 12.2. The topological polar surface area (TPSA) is 37.4 Å². The van der Waals surface area contributed by atoms with Gasteiger partial charge in [-0.1, -0.05) is 121 Å². The van der Waals surface area contributed by atoms with Crippen LogP contribution in [0.3, 0.4) is 0 Å². The SMILES string of the molecule is Cc1cc(C)c(N2c3ccccc3C3(c4ccccc4-c4ccccc43)c3cc(C=c4c(=O)c5cccc6cccc(c4=O)c65)sc32)c(C)c1. The summed E-state index contributed by atoms with van der Waals surface area (Å²) in [6.07, 6.45) is 1.85. The molecule has 1 aromatic heterocycles. The zero-order valence-electron chi connectivity index (χ0n) is 27.9. The fourth-order valence-corrected chi connectivity index (χ4v) is 10.3. The summed E-state index contributed by atoms with van der Waals surface area (Å²) in [6.45, 7) is 6.53. The van der Waals surface area contributed by atoms with Crippen molar-refractivity contribution in [2.45, 2.75) is 26.2 Å². The van der Waals surface area contributed by atoms with Crippen LogP contribution in [0, 0.1) is 20.8 Å². The highest BCUT2D eigenvalue weighted by Gasteiger charge is 2.52. The maximum Gasteiger partial charge on any atom is 0.197 e. The third kappa shape index (κ3) is 3.69. The van der Waals surface area contributed by atoms with E-state index in [4.69, 9.17) is 0 Å². The molecular weight excluding hydrogens is 631 g/mol. The number of fused-ring (bicyclic) bond motifs is 9. The Morgan fingerprint density at radius 2 is 1.16 bits per heavy atom. The van der Waals surface area contributed by atoms with Crippen LogP contribution in [0.15, 0.2) is 137 Å². The zero-order chi connectivity index (χ0) is 33.9. The summed E-state index contributed by atoms with van der Waals surface area (Å²) >= 11 is 1.65. The van der Waals surface area contributed by atoms with E-state index in [1.165, 1.54) is 44.5 Å². The van der Waals surface area contributed by atoms with Gasteiger partial charge in [-0.3, -0.25) is 9.59 Å². The van der Waals surface area contributed by atoms with E-state index in [1.807, 2.05) is 42.5 Å². The molecule has 0 amide bonds. The van der Waals surface area contributed by atoms with Gasteiger partial charge in [0.2, 0.25) is 0 Å². The molecule has 0 atom stereocenters. The number of hydrogen-bond donors (Lipinski definition) is 0. The number of nitrogens with zero attached hydrogens (tertiary/aromatic N) is 1. The van der Waals surface area contributed by atoms with Gasteiger partial charge in [0.15, 0.2) is 10.9 Å². The molecule has 1 aliphatic carbocycles. The number of hydrogen-bond acceptors (Lipinski definition) is 4. The van der Waals surface area contributed by atoms with Crippen LogP contribution < -0.4 is 21.0 Å². The molecule has 0 bridgehead atoms. The van der Waals surface area contributed by atoms with Crippen LogP contribution in [0.2, 0.25) is 0 Å². The van der Waals surface area contributed by atoms with E-state index < -0.39 is 5.41 Å². The second kappa shape index (κ2) is 10.3. The van der Waals surface area contributed by atoms with E-state index in [0.717, 1.165) is 37.6 Å². The molecule has 7 aromatic carbocycles. The van der Waals surface area contributed by atoms with E-state index in [9.17, 15) is 9.59 Å². The Kier molecular flexibility index (Phi) is 6.02. The number of benzene rings is 7. The minimum Gasteiger partial charge on any atom is -0.301 e. The normalized spacial score (nSPS) is 13.8. The van der Waals surface area contributed by atoms with Crippen LogP contribution in [0.1, 0.15) is 43.8 Å². The third-order valence-electron chi connectivity index (χ3n) is 10.9. The first-order valence-electron chi connectivity index (χ1n) is 17.0. The molecule has 3 nitrogen and oxygen atoms in total. The average Bonchev–Trinajstić information content (AvgIpc) is 3.68. The van der Waals surface area contributed by atoms with Crippen LogP contribution >= 0.6 is 11.3 Å². The van der Waals surface area contributed by atoms with Crippen molar-refractivity contribution in [2.75, 3.05) is 4.90 Å². The van der Waals surface area contributed by atoms with Crippen molar-refractivity contribution in [3.05, 3.63) is 197 Å². The predicted octanol–water partition coefficient (Wildman–Crippen LogP) is 9.83. The summed E-state index contributed by atoms with van der Waals surface area (Å²) in [6, 6.07) is 44.5. The molecule has 0 radical (unpaired) electrons. The van der Waals surface area contributed by atoms with E-state index >= 15 is 0 Å². The molecule has 1 spiro atoms. The van der Waals surface area contributed by atoms with Crippen molar-refractivity contribution in [3.8, 4) is 11.1 Å². The molecule has 4 heteroatoms. The van der Waals surface area contributed by atoms with Crippen LogP contribution in [-0.2, 0) is 5.41 Å². The minimum atomic E-state index is -0.589. The van der Waals surface area contributed by atoms with Gasteiger partial charge in [0.25, 0.3) is 0 Å². The molecule has 50 heavy (non-hydrogen) atoms. The Bertz CT molecular complexity index is 2790. The van der Waals surface area contributed by atoms with Gasteiger partial charge in [0, 0.05) is 26.6 Å². The van der Waals surface area contributed by atoms with E-state index in [1.54, 1.807) is 11.3 Å². The molecule has 2 heterocycles. The third-order valence-corrected chi connectivity index (χ3v) is 11.9. The molecule has 0 unspecified atom stereocenters. The summed E-state index contributed by atoms with van der Waals surface area (Å²) in [4.78, 5) is 31.6. The second-order valence-corrected chi connectivity index (χ2v) is 14.8. The van der Waals surface area contributed by atoms with Gasteiger partial charge in [-0.25, -0.2) is 0 Å². The molecule has 8 aromatic rings. The molecule has 0 N–H and O–H groups in total. The standard InChI is InChI=1S/C46H31NO2S/c1-26-22-27(2)42(28(3)23-26)47-40-21-9-8-20-38(40)46(36-18-6-4-14-31(36)32-15-5-7-19-37(32)46)39-25-30(50-45(39)47)24-35-43(48)33-16-10-12-29-13-11-17-34(41(29)33)44(35)49/h4-25H,1-3H3. The predicted molar refractivity (Wildman–Crippen MR) is 208 cm³/mol. The van der Waals surface area contributed by atoms with E-state index in [2.05, 4.69) is 117 Å². The largest absolute Gasteiger partial charge is 0.301 e. The van der Waals surface area contributed by atoms with Gasteiger partial charge in [-0.05, 0) is 83.3 Å². The second-order valence-electron chi connectivity index (χ2n) is 13.7. The molecule has 2 aliphatic rings. The van der Waals surface area contributed by atoms with Gasteiger partial charge in [0.1, 0.15) is 5.00 Å². The first kappa shape index (κ1) is 29.1. The molecule has 1 aliphatic heterocycles. The average molecular weight is 662 g/mol. The number of anilines is 3. The van der Waals surface area contributed by atoms with Gasteiger partial charge in [-0.2, -0.15) is 0 Å². The summed E-state index contributed by atoms with van der Waals surface area (Å²) in [5.74, 6) is 0. The minimum absolute atomic E-state index is 0.211. The molecule has 0 saturated carbocycles. The Balaban J connectivity index is 1.35. The Hall–Kier alpha value is -5.84. The summed E-state index contributed by atoms with van der Waals surface area (Å²) in [5, 5.41) is 4.13. The van der Waals surface area contributed by atoms with Crippen molar-refractivity contribution < 1.29 is 0 Å². The highest BCUT2D eigenvalue weighted by molar-refractivity contribution is 7.17. The van der Waals surface area contributed by atoms with E-state index in [-0.39, 0.29) is 16.1 Å². The van der Waals surface area contributed by atoms with Crippen molar-refractivity contribution in [1.29, 1.82) is 0 Å². The highest BCUT2D eigenvalue weighted by Crippen LogP contribution is 2.65. The van der Waals surface area contributed by atoms with Crippen molar-refractivity contribution in [1.82, 2.24) is 0 Å². The number of thiophene rings is 1. The fraction of sp³-hybridized carbons (Fsp3) is 0.0870. The summed E-state index contributed by atoms with van der Waals surface area (Å²) in [7, 11) is 0. The van der Waals surface area contributed by atoms with Gasteiger partial charge < -0.3 is 4.90 Å². The first-order valence-corrected chi connectivity index (χ1v) is 17.8. The molecule has 238 valence electrons. The van der Waals surface area contributed by atoms with Crippen LogP contribution in [0.5, 0.6) is 0 Å². The first-order chi connectivity index (χ1) is 24.4. The maximum atomic E-state index is 14.1. The van der Waals surface area contributed by atoms with Crippen LogP contribution in [0.25, 0.3) is 38.7 Å². The monoisotopic (exact) mass is 661 g/mol. The Morgan fingerprint density at radius 3 is 1.78 bits per heavy atom. The lowest BCUT2D eigenvalue weighted by Crippen LogP contribution is -2.38. The lowest BCUT2D eigenvalue weighted by molar-refractivity contribution is 0.757. The number of aryl methyl sites for hydroxylation is 3. The van der Waals surface area contributed by atoms with Gasteiger partial charge in [-0.15, -0.1) is 11.3 Å².